The van der Waals surface area contributed by atoms with Crippen molar-refractivity contribution in [3.8, 4) is 11.6 Å². The van der Waals surface area contributed by atoms with Crippen LogP contribution in [0.1, 0.15) is 18.2 Å². The molecule has 5 rings (SSSR count). The van der Waals surface area contributed by atoms with Crippen LogP contribution in [0.4, 0.5) is 0 Å². The van der Waals surface area contributed by atoms with Gasteiger partial charge in [-0.3, -0.25) is 9.20 Å². The fraction of sp³-hybridized carbons (Fsp3) is 0.368. The predicted octanol–water partition coefficient (Wildman–Crippen LogP) is 2.50. The third-order valence-corrected chi connectivity index (χ3v) is 5.40. The van der Waals surface area contributed by atoms with Crippen LogP contribution in [0.5, 0.6) is 0 Å². The van der Waals surface area contributed by atoms with Crippen molar-refractivity contribution in [1.29, 1.82) is 0 Å². The Bertz CT molecular complexity index is 1250. The standard InChI is InChI=1S/C19H18ClN5O4/c1-27-7-5-24-14-8-12(20)2-3-13(14)25-10-21-15(16(25)19(24)26)18-22-17(23-29-18)11-4-6-28-9-11/h2-3,8,10-11H,4-7,9H2,1H3. The number of rotatable bonds is 5. The Balaban J connectivity index is 1.72. The summed E-state index contributed by atoms with van der Waals surface area (Å²) >= 11 is 6.18. The summed E-state index contributed by atoms with van der Waals surface area (Å²) in [5.41, 5.74) is 1.99. The molecule has 1 aliphatic heterocycles. The van der Waals surface area contributed by atoms with Crippen molar-refractivity contribution < 1.29 is 14.0 Å². The molecule has 0 amide bonds. The van der Waals surface area contributed by atoms with Gasteiger partial charge in [-0.15, -0.1) is 0 Å². The van der Waals surface area contributed by atoms with Crippen LogP contribution in [-0.4, -0.2) is 51.0 Å². The zero-order valence-corrected chi connectivity index (χ0v) is 16.4. The number of methoxy groups -OCH3 is 1. The minimum atomic E-state index is -0.228. The molecule has 0 aliphatic carbocycles. The lowest BCUT2D eigenvalue weighted by atomic mass is 10.1. The summed E-state index contributed by atoms with van der Waals surface area (Å²) in [6, 6.07) is 5.39. The third kappa shape index (κ3) is 3.02. The number of hydrogen-bond acceptors (Lipinski definition) is 7. The Morgan fingerprint density at radius 3 is 3.03 bits per heavy atom. The SMILES string of the molecule is COCCn1c(=O)c2c(-c3nc(C4CCOC4)no3)ncn2c2ccc(Cl)cc21. The molecule has 1 aromatic carbocycles. The summed E-state index contributed by atoms with van der Waals surface area (Å²) in [6.07, 6.45) is 2.43. The van der Waals surface area contributed by atoms with Gasteiger partial charge in [0.2, 0.25) is 0 Å². The van der Waals surface area contributed by atoms with Crippen molar-refractivity contribution in [2.75, 3.05) is 26.9 Å². The average molecular weight is 416 g/mol. The average Bonchev–Trinajstić information content (AvgIpc) is 3.46. The smallest absolute Gasteiger partial charge is 0.278 e. The molecule has 1 unspecified atom stereocenters. The van der Waals surface area contributed by atoms with Gasteiger partial charge in [0.15, 0.2) is 11.5 Å². The van der Waals surface area contributed by atoms with Crippen molar-refractivity contribution >= 4 is 28.2 Å². The predicted molar refractivity (Wildman–Crippen MR) is 105 cm³/mol. The summed E-state index contributed by atoms with van der Waals surface area (Å²) in [5.74, 6) is 0.895. The van der Waals surface area contributed by atoms with Crippen LogP contribution in [0.15, 0.2) is 33.8 Å². The van der Waals surface area contributed by atoms with Crippen LogP contribution >= 0.6 is 11.6 Å². The molecule has 3 aromatic heterocycles. The van der Waals surface area contributed by atoms with E-state index in [2.05, 4.69) is 15.1 Å². The molecule has 0 radical (unpaired) electrons. The van der Waals surface area contributed by atoms with Crippen molar-refractivity contribution in [2.24, 2.45) is 0 Å². The molecule has 150 valence electrons. The Kier molecular flexibility index (Phi) is 4.57. The quantitative estimate of drug-likeness (QED) is 0.494. The van der Waals surface area contributed by atoms with Gasteiger partial charge in [0.1, 0.15) is 11.8 Å². The molecule has 1 aliphatic rings. The van der Waals surface area contributed by atoms with Gasteiger partial charge in [-0.25, -0.2) is 4.98 Å². The van der Waals surface area contributed by atoms with Crippen LogP contribution < -0.4 is 5.56 Å². The van der Waals surface area contributed by atoms with Crippen LogP contribution in [0.3, 0.4) is 0 Å². The van der Waals surface area contributed by atoms with E-state index >= 15 is 0 Å². The van der Waals surface area contributed by atoms with Gasteiger partial charge in [0.05, 0.1) is 24.2 Å². The first-order valence-corrected chi connectivity index (χ1v) is 9.65. The maximum atomic E-state index is 13.4. The molecule has 0 bridgehead atoms. The van der Waals surface area contributed by atoms with Crippen molar-refractivity contribution in [2.45, 2.75) is 18.9 Å². The number of halogens is 1. The molecule has 0 spiro atoms. The molecule has 1 atom stereocenters. The Hall–Kier alpha value is -2.75. The third-order valence-electron chi connectivity index (χ3n) is 5.16. The summed E-state index contributed by atoms with van der Waals surface area (Å²) in [5, 5.41) is 4.62. The molecule has 9 nitrogen and oxygen atoms in total. The lowest BCUT2D eigenvalue weighted by molar-refractivity contribution is 0.187. The highest BCUT2D eigenvalue weighted by molar-refractivity contribution is 6.31. The van der Waals surface area contributed by atoms with E-state index < -0.39 is 0 Å². The number of aromatic nitrogens is 5. The summed E-state index contributed by atoms with van der Waals surface area (Å²) < 4.78 is 19.4. The highest BCUT2D eigenvalue weighted by Crippen LogP contribution is 2.28. The van der Waals surface area contributed by atoms with E-state index in [0.29, 0.717) is 53.9 Å². The van der Waals surface area contributed by atoms with Gasteiger partial charge in [0.25, 0.3) is 11.4 Å². The number of nitrogens with zero attached hydrogens (tertiary/aromatic N) is 5. The minimum absolute atomic E-state index is 0.0997. The topological polar surface area (TPSA) is 96.7 Å². The second kappa shape index (κ2) is 7.25. The van der Waals surface area contributed by atoms with Gasteiger partial charge < -0.3 is 18.6 Å². The second-order valence-corrected chi connectivity index (χ2v) is 7.35. The van der Waals surface area contributed by atoms with Gasteiger partial charge in [-0.2, -0.15) is 4.98 Å². The first kappa shape index (κ1) is 18.3. The maximum Gasteiger partial charge on any atom is 0.278 e. The molecule has 1 fully saturated rings. The zero-order chi connectivity index (χ0) is 20.0. The molecule has 29 heavy (non-hydrogen) atoms. The van der Waals surface area contributed by atoms with Crippen molar-refractivity contribution in [3.05, 3.63) is 45.7 Å². The summed E-state index contributed by atoms with van der Waals surface area (Å²) in [4.78, 5) is 22.3. The van der Waals surface area contributed by atoms with Crippen LogP contribution in [0, 0.1) is 0 Å². The molecule has 4 aromatic rings. The van der Waals surface area contributed by atoms with E-state index in [4.69, 9.17) is 25.6 Å². The normalized spacial score (nSPS) is 17.0. The number of benzene rings is 1. The van der Waals surface area contributed by atoms with E-state index in [9.17, 15) is 4.79 Å². The molecular weight excluding hydrogens is 398 g/mol. The minimum Gasteiger partial charge on any atom is -0.383 e. The monoisotopic (exact) mass is 415 g/mol. The van der Waals surface area contributed by atoms with E-state index in [-0.39, 0.29) is 17.4 Å². The van der Waals surface area contributed by atoms with E-state index in [1.54, 1.807) is 34.5 Å². The number of hydrogen-bond donors (Lipinski definition) is 0. The summed E-state index contributed by atoms with van der Waals surface area (Å²) in [7, 11) is 1.59. The van der Waals surface area contributed by atoms with Crippen LogP contribution in [0.2, 0.25) is 5.02 Å². The highest BCUT2D eigenvalue weighted by atomic mass is 35.5. The Morgan fingerprint density at radius 1 is 1.34 bits per heavy atom. The van der Waals surface area contributed by atoms with Crippen molar-refractivity contribution in [1.82, 2.24) is 24.1 Å². The molecule has 4 heterocycles. The Morgan fingerprint density at radius 2 is 2.24 bits per heavy atom. The van der Waals surface area contributed by atoms with Gasteiger partial charge in [0, 0.05) is 31.2 Å². The number of fused-ring (bicyclic) bond motifs is 3. The highest BCUT2D eigenvalue weighted by Gasteiger charge is 2.26. The van der Waals surface area contributed by atoms with E-state index in [0.717, 1.165) is 11.9 Å². The Labute approximate surface area is 169 Å². The second-order valence-electron chi connectivity index (χ2n) is 6.91. The fourth-order valence-electron chi connectivity index (χ4n) is 3.69. The first-order chi connectivity index (χ1) is 14.2. The van der Waals surface area contributed by atoms with Crippen molar-refractivity contribution in [3.63, 3.8) is 0 Å². The summed E-state index contributed by atoms with van der Waals surface area (Å²) in [6.45, 7) is 2.01. The molecule has 0 N–H and O–H groups in total. The van der Waals surface area contributed by atoms with Crippen LogP contribution in [-0.2, 0) is 16.0 Å². The van der Waals surface area contributed by atoms with E-state index in [1.165, 1.54) is 0 Å². The van der Waals surface area contributed by atoms with Crippen LogP contribution in [0.25, 0.3) is 28.1 Å². The van der Waals surface area contributed by atoms with Gasteiger partial charge in [-0.05, 0) is 24.6 Å². The molecule has 0 saturated carbocycles. The number of imidazole rings is 1. The fourth-order valence-corrected chi connectivity index (χ4v) is 3.85. The lowest BCUT2D eigenvalue weighted by Gasteiger charge is -2.12. The van der Waals surface area contributed by atoms with E-state index in [1.807, 2.05) is 6.07 Å². The lowest BCUT2D eigenvalue weighted by Crippen LogP contribution is -2.25. The molecular formula is C19H18ClN5O4. The zero-order valence-electron chi connectivity index (χ0n) is 15.7. The van der Waals surface area contributed by atoms with Gasteiger partial charge >= 0.3 is 0 Å². The number of ether oxygens (including phenoxy) is 2. The molecule has 10 heteroatoms. The van der Waals surface area contributed by atoms with Gasteiger partial charge in [-0.1, -0.05) is 16.8 Å². The first-order valence-electron chi connectivity index (χ1n) is 9.27. The maximum absolute atomic E-state index is 13.4. The molecule has 1 saturated heterocycles. The largest absolute Gasteiger partial charge is 0.383 e.